The van der Waals surface area contributed by atoms with Gasteiger partial charge in [-0.15, -0.1) is 24.0 Å². The van der Waals surface area contributed by atoms with Crippen LogP contribution in [-0.2, 0) is 6.54 Å². The number of likely N-dealkylation sites (N-methyl/N-ethyl adjacent to an activating group) is 1. The summed E-state index contributed by atoms with van der Waals surface area (Å²) in [6.07, 6.45) is 2.38. The van der Waals surface area contributed by atoms with Gasteiger partial charge in [0.25, 0.3) is 0 Å². The van der Waals surface area contributed by atoms with Crippen molar-refractivity contribution >= 4 is 29.9 Å². The molecule has 0 saturated carbocycles. The highest BCUT2D eigenvalue weighted by atomic mass is 127. The topological polar surface area (TPSA) is 43.3 Å². The maximum absolute atomic E-state index is 5.23. The molecule has 0 spiro atoms. The monoisotopic (exact) mass is 503 g/mol. The van der Waals surface area contributed by atoms with E-state index in [4.69, 9.17) is 9.73 Å². The molecule has 1 heterocycles. The van der Waals surface area contributed by atoms with E-state index in [0.29, 0.717) is 0 Å². The summed E-state index contributed by atoms with van der Waals surface area (Å²) in [6, 6.07) is 8.22. The first-order valence-corrected chi connectivity index (χ1v) is 10.2. The van der Waals surface area contributed by atoms with Crippen molar-refractivity contribution in [1.29, 1.82) is 0 Å². The number of hydrogen-bond acceptors (Lipinski definition) is 4. The summed E-state index contributed by atoms with van der Waals surface area (Å²) in [6.45, 7) is 10.6. The Labute approximate surface area is 188 Å². The van der Waals surface area contributed by atoms with Gasteiger partial charge in [0.15, 0.2) is 5.96 Å². The van der Waals surface area contributed by atoms with Gasteiger partial charge in [-0.05, 0) is 64.1 Å². The molecule has 0 amide bonds. The van der Waals surface area contributed by atoms with Gasteiger partial charge in [-0.1, -0.05) is 12.1 Å². The van der Waals surface area contributed by atoms with Gasteiger partial charge in [0, 0.05) is 39.8 Å². The fraction of sp³-hybridized carbons (Fsp3) is 0.667. The minimum absolute atomic E-state index is 0. The number of guanidine groups is 1. The lowest BCUT2D eigenvalue weighted by Crippen LogP contribution is -2.38. The Morgan fingerprint density at radius 1 is 1.18 bits per heavy atom. The van der Waals surface area contributed by atoms with E-state index in [-0.39, 0.29) is 24.0 Å². The molecule has 1 aromatic rings. The van der Waals surface area contributed by atoms with E-state index in [1.54, 1.807) is 7.11 Å². The number of nitrogens with one attached hydrogen (secondary N) is 1. The van der Waals surface area contributed by atoms with Crippen LogP contribution in [0.4, 0.5) is 0 Å². The zero-order chi connectivity index (χ0) is 19.5. The van der Waals surface area contributed by atoms with Crippen LogP contribution in [0.25, 0.3) is 0 Å². The third-order valence-electron chi connectivity index (χ3n) is 4.98. The van der Waals surface area contributed by atoms with Gasteiger partial charge in [-0.25, -0.2) is 0 Å². The summed E-state index contributed by atoms with van der Waals surface area (Å²) in [5, 5.41) is 3.41. The molecule has 1 N–H and O–H groups in total. The maximum atomic E-state index is 5.23. The molecule has 1 fully saturated rings. The van der Waals surface area contributed by atoms with E-state index < -0.39 is 0 Å². The van der Waals surface area contributed by atoms with Crippen LogP contribution in [0.1, 0.15) is 25.3 Å². The van der Waals surface area contributed by atoms with Gasteiger partial charge >= 0.3 is 0 Å². The Kier molecular flexibility index (Phi) is 12.5. The van der Waals surface area contributed by atoms with E-state index in [0.717, 1.165) is 44.3 Å². The first kappa shape index (κ1) is 25.0. The van der Waals surface area contributed by atoms with Crippen LogP contribution >= 0.6 is 24.0 Å². The Morgan fingerprint density at radius 2 is 1.93 bits per heavy atom. The Balaban J connectivity index is 0.00000392. The molecule has 1 aliphatic heterocycles. The van der Waals surface area contributed by atoms with E-state index in [2.05, 4.69) is 53.2 Å². The predicted molar refractivity (Wildman–Crippen MR) is 129 cm³/mol. The summed E-state index contributed by atoms with van der Waals surface area (Å²) in [4.78, 5) is 12.0. The number of nitrogens with zero attached hydrogens (tertiary/aromatic N) is 4. The third kappa shape index (κ3) is 8.96. The average molecular weight is 503 g/mol. The summed E-state index contributed by atoms with van der Waals surface area (Å²) >= 11 is 0. The van der Waals surface area contributed by atoms with Gasteiger partial charge in [0.1, 0.15) is 5.75 Å². The third-order valence-corrected chi connectivity index (χ3v) is 4.98. The van der Waals surface area contributed by atoms with Crippen molar-refractivity contribution in [2.45, 2.75) is 26.3 Å². The van der Waals surface area contributed by atoms with E-state index in [9.17, 15) is 0 Å². The minimum Gasteiger partial charge on any atom is -0.497 e. The van der Waals surface area contributed by atoms with E-state index >= 15 is 0 Å². The van der Waals surface area contributed by atoms with Crippen molar-refractivity contribution in [1.82, 2.24) is 20.0 Å². The maximum Gasteiger partial charge on any atom is 0.193 e. The summed E-state index contributed by atoms with van der Waals surface area (Å²) in [5.74, 6) is 1.87. The van der Waals surface area contributed by atoms with E-state index in [1.165, 1.54) is 38.2 Å². The Bertz CT molecular complexity index is 566. The van der Waals surface area contributed by atoms with Crippen LogP contribution in [0.2, 0.25) is 0 Å². The molecule has 0 bridgehead atoms. The highest BCUT2D eigenvalue weighted by Gasteiger charge is 2.11. The quantitative estimate of drug-likeness (QED) is 0.256. The molecule has 7 heteroatoms. The fourth-order valence-corrected chi connectivity index (χ4v) is 3.35. The van der Waals surface area contributed by atoms with Crippen molar-refractivity contribution < 1.29 is 4.74 Å². The van der Waals surface area contributed by atoms with Crippen molar-refractivity contribution in [3.05, 3.63) is 29.8 Å². The molecule has 1 saturated heterocycles. The second kappa shape index (κ2) is 14.0. The molecule has 2 rings (SSSR count). The number of rotatable bonds is 8. The average Bonchev–Trinajstić information content (AvgIpc) is 2.89. The van der Waals surface area contributed by atoms with Crippen molar-refractivity contribution in [3.8, 4) is 5.75 Å². The molecule has 1 aliphatic rings. The number of methoxy groups -OCH3 is 1. The SMILES string of the molecule is CCNC(=NCCCN1CCCN(C)CC1)N(C)Cc1ccc(OC)cc1.I. The lowest BCUT2D eigenvalue weighted by molar-refractivity contribution is 0.275. The number of ether oxygens (including phenoxy) is 1. The number of aliphatic imine (C=N–C) groups is 1. The zero-order valence-electron chi connectivity index (χ0n) is 18.0. The molecule has 0 aromatic heterocycles. The molecule has 1 aromatic carbocycles. The minimum atomic E-state index is 0. The zero-order valence-corrected chi connectivity index (χ0v) is 20.3. The van der Waals surface area contributed by atoms with Crippen LogP contribution in [0.15, 0.2) is 29.3 Å². The Morgan fingerprint density at radius 3 is 2.61 bits per heavy atom. The molecule has 0 aliphatic carbocycles. The lowest BCUT2D eigenvalue weighted by Gasteiger charge is -2.23. The largest absolute Gasteiger partial charge is 0.497 e. The second-order valence-electron chi connectivity index (χ2n) is 7.29. The van der Waals surface area contributed by atoms with Gasteiger partial charge in [-0.3, -0.25) is 4.99 Å². The van der Waals surface area contributed by atoms with Gasteiger partial charge < -0.3 is 24.8 Å². The summed E-state index contributed by atoms with van der Waals surface area (Å²) in [5.41, 5.74) is 1.25. The highest BCUT2D eigenvalue weighted by Crippen LogP contribution is 2.12. The van der Waals surface area contributed by atoms with Crippen LogP contribution < -0.4 is 10.1 Å². The molecule has 0 atom stereocenters. The van der Waals surface area contributed by atoms with Crippen molar-refractivity contribution in [2.24, 2.45) is 4.99 Å². The molecule has 6 nitrogen and oxygen atoms in total. The normalized spacial score (nSPS) is 16.2. The summed E-state index contributed by atoms with van der Waals surface area (Å²) in [7, 11) is 6.01. The van der Waals surface area contributed by atoms with Crippen molar-refractivity contribution in [3.63, 3.8) is 0 Å². The second-order valence-corrected chi connectivity index (χ2v) is 7.29. The lowest BCUT2D eigenvalue weighted by atomic mass is 10.2. The van der Waals surface area contributed by atoms with Gasteiger partial charge in [-0.2, -0.15) is 0 Å². The van der Waals surface area contributed by atoms with Crippen LogP contribution in [0.5, 0.6) is 5.75 Å². The standard InChI is InChI=1S/C21H37N5O.HI/c1-5-22-21(25(3)18-19-8-10-20(27-4)11-9-19)23-12-6-14-26-15-7-13-24(2)16-17-26;/h8-11H,5-7,12-18H2,1-4H3,(H,22,23);1H. The molecular formula is C21H38IN5O. The molecule has 0 radical (unpaired) electrons. The van der Waals surface area contributed by atoms with E-state index in [1.807, 2.05) is 12.1 Å². The first-order chi connectivity index (χ1) is 13.1. The summed E-state index contributed by atoms with van der Waals surface area (Å²) < 4.78 is 5.23. The van der Waals surface area contributed by atoms with Crippen LogP contribution in [0.3, 0.4) is 0 Å². The number of halogens is 1. The molecule has 160 valence electrons. The molecular weight excluding hydrogens is 465 g/mol. The highest BCUT2D eigenvalue weighted by molar-refractivity contribution is 14.0. The molecule has 28 heavy (non-hydrogen) atoms. The first-order valence-electron chi connectivity index (χ1n) is 10.2. The van der Waals surface area contributed by atoms with Crippen molar-refractivity contribution in [2.75, 3.05) is 67.0 Å². The fourth-order valence-electron chi connectivity index (χ4n) is 3.35. The van der Waals surface area contributed by atoms with Gasteiger partial charge in [0.2, 0.25) is 0 Å². The Hall–Kier alpha value is -1.06. The number of benzene rings is 1. The number of hydrogen-bond donors (Lipinski definition) is 1. The van der Waals surface area contributed by atoms with Gasteiger partial charge in [0.05, 0.1) is 7.11 Å². The smallest absolute Gasteiger partial charge is 0.193 e. The predicted octanol–water partition coefficient (Wildman–Crippen LogP) is 2.74. The molecule has 0 unspecified atom stereocenters. The van der Waals surface area contributed by atoms with Crippen LogP contribution in [0, 0.1) is 0 Å². The van der Waals surface area contributed by atoms with Crippen LogP contribution in [-0.4, -0.2) is 87.7 Å².